The van der Waals surface area contributed by atoms with Crippen LogP contribution in [0.15, 0.2) is 12.1 Å². The van der Waals surface area contributed by atoms with Crippen molar-refractivity contribution >= 4 is 54.8 Å². The van der Waals surface area contributed by atoms with Crippen molar-refractivity contribution in [3.8, 4) is 5.75 Å². The lowest BCUT2D eigenvalue weighted by molar-refractivity contribution is 0.581. The molecule has 0 aliphatic carbocycles. The first-order valence-electron chi connectivity index (χ1n) is 3.63. The Kier molecular flexibility index (Phi) is 4.35. The van der Waals surface area contributed by atoms with Gasteiger partial charge in [-0.15, -0.1) is 0 Å². The van der Waals surface area contributed by atoms with E-state index < -0.39 is 9.04 Å². The van der Waals surface area contributed by atoms with Gasteiger partial charge < -0.3 is 4.43 Å². The van der Waals surface area contributed by atoms with E-state index >= 15 is 0 Å². The van der Waals surface area contributed by atoms with Gasteiger partial charge in [0.15, 0.2) is 0 Å². The molecule has 1 aromatic carbocycles. The number of halogens is 3. The smallest absolute Gasteiger partial charge is 0.274 e. The molecule has 5 heteroatoms. The molecule has 0 saturated heterocycles. The Balaban J connectivity index is 3.01. The number of benzene rings is 1. The first-order chi connectivity index (χ1) is 6.00. The van der Waals surface area contributed by atoms with Gasteiger partial charge in [-0.25, -0.2) is 0 Å². The summed E-state index contributed by atoms with van der Waals surface area (Å²) >= 11 is 14.0. The quantitative estimate of drug-likeness (QED) is 0.443. The molecule has 0 unspecified atom stereocenters. The van der Waals surface area contributed by atoms with Crippen LogP contribution in [0.2, 0.25) is 23.1 Å². The largest absolute Gasteiger partial charge is 0.542 e. The zero-order valence-corrected chi connectivity index (χ0v) is 11.9. The highest BCUT2D eigenvalue weighted by molar-refractivity contribution is 14.1. The zero-order valence-electron chi connectivity index (χ0n) is 7.20. The Labute approximate surface area is 103 Å². The molecule has 0 bridgehead atoms. The molecule has 1 radical (unpaired) electrons. The van der Waals surface area contributed by atoms with Crippen LogP contribution in [0.25, 0.3) is 0 Å². The van der Waals surface area contributed by atoms with Gasteiger partial charge in [0.1, 0.15) is 5.75 Å². The molecule has 13 heavy (non-hydrogen) atoms. The van der Waals surface area contributed by atoms with Crippen LogP contribution in [0, 0.1) is 3.57 Å². The minimum Gasteiger partial charge on any atom is -0.542 e. The van der Waals surface area contributed by atoms with Gasteiger partial charge in [0, 0.05) is 3.57 Å². The summed E-state index contributed by atoms with van der Waals surface area (Å²) in [6.07, 6.45) is 0. The van der Waals surface area contributed by atoms with Crippen molar-refractivity contribution in [1.82, 2.24) is 0 Å². The fourth-order valence-electron chi connectivity index (χ4n) is 0.802. The summed E-state index contributed by atoms with van der Waals surface area (Å²) in [6, 6.07) is 3.58. The Morgan fingerprint density at radius 3 is 2.38 bits per heavy atom. The maximum Gasteiger partial charge on any atom is 0.274 e. The van der Waals surface area contributed by atoms with Crippen LogP contribution in [0.4, 0.5) is 0 Å². The molecule has 0 aliphatic heterocycles. The van der Waals surface area contributed by atoms with E-state index in [1.807, 2.05) is 19.2 Å². The summed E-state index contributed by atoms with van der Waals surface area (Å²) in [5.74, 6) is 0.686. The van der Waals surface area contributed by atoms with E-state index in [1.54, 1.807) is 6.07 Å². The molecule has 0 spiro atoms. The van der Waals surface area contributed by atoms with Crippen LogP contribution < -0.4 is 4.43 Å². The summed E-state index contributed by atoms with van der Waals surface area (Å²) in [5, 5.41) is 1.31. The van der Waals surface area contributed by atoms with Crippen LogP contribution in [-0.2, 0) is 0 Å². The highest BCUT2D eigenvalue weighted by Gasteiger charge is 2.08. The van der Waals surface area contributed by atoms with Gasteiger partial charge >= 0.3 is 0 Å². The van der Waals surface area contributed by atoms with Gasteiger partial charge in [0.25, 0.3) is 9.04 Å². The van der Waals surface area contributed by atoms with E-state index in [0.717, 1.165) is 3.57 Å². The topological polar surface area (TPSA) is 9.23 Å². The summed E-state index contributed by atoms with van der Waals surface area (Å²) in [6.45, 7) is 4.10. The molecule has 0 aromatic heterocycles. The molecule has 1 nitrogen and oxygen atoms in total. The predicted octanol–water partition coefficient (Wildman–Crippen LogP) is 4.23. The molecular formula is C8H8Cl2IOSi. The molecule has 0 heterocycles. The molecular weight excluding hydrogens is 338 g/mol. The SMILES string of the molecule is C[Si](C)Oc1cc(Cl)c(I)cc1Cl. The third kappa shape index (κ3) is 3.31. The third-order valence-electron chi connectivity index (χ3n) is 1.29. The lowest BCUT2D eigenvalue weighted by Crippen LogP contribution is -2.11. The monoisotopic (exact) mass is 345 g/mol. The van der Waals surface area contributed by atoms with Crippen molar-refractivity contribution < 1.29 is 4.43 Å². The molecule has 0 saturated carbocycles. The van der Waals surface area contributed by atoms with Crippen molar-refractivity contribution in [1.29, 1.82) is 0 Å². The second-order valence-corrected chi connectivity index (χ2v) is 6.70. The Bertz CT molecular complexity index is 317. The van der Waals surface area contributed by atoms with Crippen LogP contribution in [0.3, 0.4) is 0 Å². The van der Waals surface area contributed by atoms with Gasteiger partial charge in [0.2, 0.25) is 0 Å². The van der Waals surface area contributed by atoms with E-state index in [0.29, 0.717) is 15.8 Å². The van der Waals surface area contributed by atoms with E-state index in [9.17, 15) is 0 Å². The normalized spacial score (nSPS) is 10.6. The van der Waals surface area contributed by atoms with Gasteiger partial charge in [-0.05, 0) is 47.8 Å². The second kappa shape index (κ2) is 4.86. The first kappa shape index (κ1) is 11.6. The minimum atomic E-state index is -0.784. The highest BCUT2D eigenvalue weighted by Crippen LogP contribution is 2.32. The van der Waals surface area contributed by atoms with Crippen molar-refractivity contribution in [2.24, 2.45) is 0 Å². The molecule has 1 aromatic rings. The number of hydrogen-bond acceptors (Lipinski definition) is 1. The van der Waals surface area contributed by atoms with Crippen LogP contribution >= 0.6 is 45.8 Å². The maximum absolute atomic E-state index is 5.97. The van der Waals surface area contributed by atoms with Gasteiger partial charge in [-0.1, -0.05) is 23.2 Å². The number of rotatable bonds is 2. The van der Waals surface area contributed by atoms with Gasteiger partial charge in [-0.2, -0.15) is 0 Å². The fourth-order valence-corrected chi connectivity index (χ4v) is 2.48. The van der Waals surface area contributed by atoms with Crippen molar-refractivity contribution in [3.05, 3.63) is 25.7 Å². The maximum atomic E-state index is 5.97. The van der Waals surface area contributed by atoms with Crippen LogP contribution in [0.5, 0.6) is 5.75 Å². The minimum absolute atomic E-state index is 0.625. The summed E-state index contributed by atoms with van der Waals surface area (Å²) in [5.41, 5.74) is 0. The lowest BCUT2D eigenvalue weighted by Gasteiger charge is -2.11. The fraction of sp³-hybridized carbons (Fsp3) is 0.250. The van der Waals surface area contributed by atoms with Crippen LogP contribution in [0.1, 0.15) is 0 Å². The Hall–Kier alpha value is 0.547. The van der Waals surface area contributed by atoms with E-state index in [-0.39, 0.29) is 0 Å². The summed E-state index contributed by atoms with van der Waals surface area (Å²) in [7, 11) is -0.784. The van der Waals surface area contributed by atoms with E-state index in [4.69, 9.17) is 27.6 Å². The highest BCUT2D eigenvalue weighted by atomic mass is 127. The zero-order chi connectivity index (χ0) is 10.0. The number of hydrogen-bond donors (Lipinski definition) is 0. The van der Waals surface area contributed by atoms with E-state index in [2.05, 4.69) is 22.6 Å². The average Bonchev–Trinajstić information content (AvgIpc) is 1.99. The Morgan fingerprint density at radius 2 is 1.85 bits per heavy atom. The molecule has 0 fully saturated rings. The van der Waals surface area contributed by atoms with Crippen molar-refractivity contribution in [2.75, 3.05) is 0 Å². The molecule has 0 amide bonds. The summed E-state index contributed by atoms with van der Waals surface area (Å²) in [4.78, 5) is 0. The van der Waals surface area contributed by atoms with Gasteiger partial charge in [-0.3, -0.25) is 0 Å². The molecule has 0 N–H and O–H groups in total. The second-order valence-electron chi connectivity index (χ2n) is 2.71. The van der Waals surface area contributed by atoms with E-state index in [1.165, 1.54) is 0 Å². The average molecular weight is 346 g/mol. The van der Waals surface area contributed by atoms with Crippen molar-refractivity contribution in [3.63, 3.8) is 0 Å². The van der Waals surface area contributed by atoms with Crippen molar-refractivity contribution in [2.45, 2.75) is 13.1 Å². The molecule has 1 rings (SSSR count). The summed E-state index contributed by atoms with van der Waals surface area (Å²) < 4.78 is 6.51. The third-order valence-corrected chi connectivity index (χ3v) is 3.74. The first-order valence-corrected chi connectivity index (χ1v) is 7.87. The molecule has 0 atom stereocenters. The van der Waals surface area contributed by atoms with Crippen LogP contribution in [-0.4, -0.2) is 9.04 Å². The molecule has 71 valence electrons. The Morgan fingerprint density at radius 1 is 1.23 bits per heavy atom. The predicted molar refractivity (Wildman–Crippen MR) is 67.3 cm³/mol. The standard InChI is InChI=1S/C8H8Cl2IOSi/c1-13(2)12-8-4-5(9)7(11)3-6(8)10/h3-4H,1-2H3. The van der Waals surface area contributed by atoms with Gasteiger partial charge in [0.05, 0.1) is 10.0 Å². The molecule has 0 aliphatic rings. The lowest BCUT2D eigenvalue weighted by atomic mass is 10.3.